The van der Waals surface area contributed by atoms with Gasteiger partial charge in [-0.1, -0.05) is 22.0 Å². The second-order valence-electron chi connectivity index (χ2n) is 5.07. The van der Waals surface area contributed by atoms with Crippen LogP contribution in [0.3, 0.4) is 0 Å². The molecular weight excluding hydrogens is 422 g/mol. The fraction of sp³-hybridized carbons (Fsp3) is 0.0667. The quantitative estimate of drug-likeness (QED) is 0.451. The SMILES string of the molecule is O=[N+]([O-])c1cccc2c1c(C(F)F)cn2S(=O)(=O)c1ccc(Br)cc1. The van der Waals surface area contributed by atoms with Gasteiger partial charge in [-0.25, -0.2) is 21.2 Å². The fourth-order valence-electron chi connectivity index (χ4n) is 2.50. The van der Waals surface area contributed by atoms with Gasteiger partial charge < -0.3 is 0 Å². The highest BCUT2D eigenvalue weighted by Crippen LogP contribution is 2.37. The first-order valence-electron chi connectivity index (χ1n) is 6.81. The molecule has 0 saturated heterocycles. The van der Waals surface area contributed by atoms with E-state index in [2.05, 4.69) is 15.9 Å². The van der Waals surface area contributed by atoms with Gasteiger partial charge in [0.25, 0.3) is 22.1 Å². The predicted molar refractivity (Wildman–Crippen MR) is 90.3 cm³/mol. The van der Waals surface area contributed by atoms with Crippen LogP contribution < -0.4 is 0 Å². The van der Waals surface area contributed by atoms with Crippen molar-refractivity contribution in [2.75, 3.05) is 0 Å². The lowest BCUT2D eigenvalue weighted by atomic mass is 10.1. The van der Waals surface area contributed by atoms with Gasteiger partial charge in [-0.2, -0.15) is 0 Å². The van der Waals surface area contributed by atoms with Crippen LogP contribution >= 0.6 is 15.9 Å². The first kappa shape index (κ1) is 17.5. The molecule has 3 aromatic rings. The molecule has 0 bridgehead atoms. The number of rotatable bonds is 4. The van der Waals surface area contributed by atoms with E-state index in [-0.39, 0.29) is 15.8 Å². The molecule has 0 atom stereocenters. The number of benzene rings is 2. The van der Waals surface area contributed by atoms with E-state index in [0.717, 1.165) is 12.3 Å². The molecule has 0 spiro atoms. The van der Waals surface area contributed by atoms with Crippen molar-refractivity contribution in [3.63, 3.8) is 0 Å². The summed E-state index contributed by atoms with van der Waals surface area (Å²) >= 11 is 3.18. The summed E-state index contributed by atoms with van der Waals surface area (Å²) in [5.74, 6) is 0. The molecule has 1 heterocycles. The number of nitro groups is 1. The average Bonchev–Trinajstić information content (AvgIpc) is 2.95. The summed E-state index contributed by atoms with van der Waals surface area (Å²) in [6, 6.07) is 9.18. The Kier molecular flexibility index (Phi) is 4.33. The molecule has 2 aromatic carbocycles. The van der Waals surface area contributed by atoms with Crippen LogP contribution in [0.15, 0.2) is 58.0 Å². The molecule has 0 N–H and O–H groups in total. The molecule has 0 aliphatic heterocycles. The smallest absolute Gasteiger partial charge is 0.258 e. The summed E-state index contributed by atoms with van der Waals surface area (Å²) in [5.41, 5.74) is -1.45. The molecule has 3 rings (SSSR count). The van der Waals surface area contributed by atoms with Crippen molar-refractivity contribution >= 4 is 42.5 Å². The van der Waals surface area contributed by atoms with E-state index in [1.54, 1.807) is 0 Å². The lowest BCUT2D eigenvalue weighted by molar-refractivity contribution is -0.383. The second kappa shape index (κ2) is 6.19. The van der Waals surface area contributed by atoms with Crippen molar-refractivity contribution in [2.45, 2.75) is 11.3 Å². The number of nitro benzene ring substituents is 1. The monoisotopic (exact) mass is 430 g/mol. The number of non-ortho nitro benzene ring substituents is 1. The molecule has 6 nitrogen and oxygen atoms in total. The third kappa shape index (κ3) is 2.91. The lowest BCUT2D eigenvalue weighted by Gasteiger charge is -2.07. The highest BCUT2D eigenvalue weighted by Gasteiger charge is 2.28. The minimum Gasteiger partial charge on any atom is -0.258 e. The van der Waals surface area contributed by atoms with E-state index in [1.165, 1.54) is 36.4 Å². The molecule has 0 fully saturated rings. The summed E-state index contributed by atoms with van der Waals surface area (Å²) in [6.45, 7) is 0. The van der Waals surface area contributed by atoms with Gasteiger partial charge in [0.2, 0.25) is 0 Å². The molecule has 0 saturated carbocycles. The van der Waals surface area contributed by atoms with Crippen molar-refractivity contribution in [1.82, 2.24) is 3.97 Å². The summed E-state index contributed by atoms with van der Waals surface area (Å²) in [6.07, 6.45) is -2.33. The topological polar surface area (TPSA) is 82.2 Å². The van der Waals surface area contributed by atoms with Crippen LogP contribution in [0.4, 0.5) is 14.5 Å². The standard InChI is InChI=1S/C15H9BrF2N2O4S/c16-9-4-6-10(7-5-9)25(23,24)19-8-11(15(17)18)14-12(19)2-1-3-13(14)20(21)22/h1-8,15H. The Bertz CT molecular complexity index is 1080. The maximum atomic E-state index is 13.4. The van der Waals surface area contributed by atoms with Crippen molar-refractivity contribution in [2.24, 2.45) is 0 Å². The normalized spacial score (nSPS) is 12.0. The van der Waals surface area contributed by atoms with E-state index < -0.39 is 32.6 Å². The maximum Gasteiger partial charge on any atom is 0.279 e. The Hall–Kier alpha value is -2.33. The molecule has 130 valence electrons. The van der Waals surface area contributed by atoms with E-state index in [9.17, 15) is 27.3 Å². The third-order valence-electron chi connectivity index (χ3n) is 3.61. The number of hydrogen-bond acceptors (Lipinski definition) is 4. The number of nitrogens with zero attached hydrogens (tertiary/aromatic N) is 2. The van der Waals surface area contributed by atoms with Crippen LogP contribution in [0.5, 0.6) is 0 Å². The van der Waals surface area contributed by atoms with Crippen LogP contribution in [0, 0.1) is 10.1 Å². The van der Waals surface area contributed by atoms with E-state index >= 15 is 0 Å². The fourth-order valence-corrected chi connectivity index (χ4v) is 4.14. The van der Waals surface area contributed by atoms with Gasteiger partial charge in [-0.15, -0.1) is 0 Å². The Balaban J connectivity index is 2.36. The van der Waals surface area contributed by atoms with E-state index in [0.29, 0.717) is 8.45 Å². The highest BCUT2D eigenvalue weighted by molar-refractivity contribution is 9.10. The maximum absolute atomic E-state index is 13.4. The summed E-state index contributed by atoms with van der Waals surface area (Å²) < 4.78 is 53.6. The van der Waals surface area contributed by atoms with Crippen LogP contribution in [0.2, 0.25) is 0 Å². The van der Waals surface area contributed by atoms with Gasteiger partial charge in [-0.3, -0.25) is 10.1 Å². The zero-order valence-corrected chi connectivity index (χ0v) is 14.7. The Morgan fingerprint density at radius 3 is 2.32 bits per heavy atom. The van der Waals surface area contributed by atoms with Crippen LogP contribution in [0.25, 0.3) is 10.9 Å². The van der Waals surface area contributed by atoms with Gasteiger partial charge in [-0.05, 0) is 30.3 Å². The van der Waals surface area contributed by atoms with Gasteiger partial charge in [0.05, 0.1) is 26.3 Å². The van der Waals surface area contributed by atoms with Crippen molar-refractivity contribution in [3.05, 3.63) is 68.8 Å². The molecule has 1 aromatic heterocycles. The minimum absolute atomic E-state index is 0.125. The Morgan fingerprint density at radius 1 is 1.12 bits per heavy atom. The van der Waals surface area contributed by atoms with Crippen LogP contribution in [0.1, 0.15) is 12.0 Å². The molecular formula is C15H9BrF2N2O4S. The third-order valence-corrected chi connectivity index (χ3v) is 5.82. The van der Waals surface area contributed by atoms with Crippen LogP contribution in [-0.4, -0.2) is 17.3 Å². The van der Waals surface area contributed by atoms with Gasteiger partial charge in [0, 0.05) is 16.7 Å². The number of halogens is 3. The first-order chi connectivity index (χ1) is 11.7. The van der Waals surface area contributed by atoms with Crippen molar-refractivity contribution in [3.8, 4) is 0 Å². The Labute approximate surface area is 149 Å². The molecule has 0 aliphatic carbocycles. The summed E-state index contributed by atoms with van der Waals surface area (Å²) in [5, 5.41) is 10.8. The molecule has 0 aliphatic rings. The first-order valence-corrected chi connectivity index (χ1v) is 9.04. The number of fused-ring (bicyclic) bond motifs is 1. The molecule has 0 radical (unpaired) electrons. The second-order valence-corrected chi connectivity index (χ2v) is 7.80. The average molecular weight is 431 g/mol. The number of hydrogen-bond donors (Lipinski definition) is 0. The molecule has 10 heteroatoms. The van der Waals surface area contributed by atoms with Gasteiger partial charge >= 0.3 is 0 Å². The predicted octanol–water partition coefficient (Wildman–Crippen LogP) is 4.49. The minimum atomic E-state index is -4.20. The van der Waals surface area contributed by atoms with E-state index in [1.807, 2.05) is 0 Å². The number of alkyl halides is 2. The summed E-state index contributed by atoms with van der Waals surface area (Å²) in [4.78, 5) is 10.2. The number of aromatic nitrogens is 1. The van der Waals surface area contributed by atoms with Crippen molar-refractivity contribution < 1.29 is 22.1 Å². The highest BCUT2D eigenvalue weighted by atomic mass is 79.9. The van der Waals surface area contributed by atoms with E-state index in [4.69, 9.17) is 0 Å². The summed E-state index contributed by atoms with van der Waals surface area (Å²) in [7, 11) is -4.20. The zero-order chi connectivity index (χ0) is 18.4. The molecule has 0 unspecified atom stereocenters. The van der Waals surface area contributed by atoms with Gasteiger partial charge in [0.1, 0.15) is 0 Å². The zero-order valence-electron chi connectivity index (χ0n) is 12.3. The molecule has 0 amide bonds. The van der Waals surface area contributed by atoms with Crippen LogP contribution in [-0.2, 0) is 10.0 Å². The lowest BCUT2D eigenvalue weighted by Crippen LogP contribution is -2.11. The van der Waals surface area contributed by atoms with Gasteiger partial charge in [0.15, 0.2) is 0 Å². The molecule has 25 heavy (non-hydrogen) atoms. The largest absolute Gasteiger partial charge is 0.279 e. The Morgan fingerprint density at radius 2 is 1.76 bits per heavy atom. The van der Waals surface area contributed by atoms with Crippen molar-refractivity contribution in [1.29, 1.82) is 0 Å².